The summed E-state index contributed by atoms with van der Waals surface area (Å²) in [5.41, 5.74) is 3.92. The topological polar surface area (TPSA) is 50.9 Å². The van der Waals surface area contributed by atoms with Crippen LogP contribution in [-0.2, 0) is 6.54 Å². The van der Waals surface area contributed by atoms with E-state index in [-0.39, 0.29) is 5.75 Å². The molecule has 3 rings (SSSR count). The van der Waals surface area contributed by atoms with Crippen LogP contribution < -0.4 is 0 Å². The molecule has 0 bridgehead atoms. The number of rotatable bonds is 3. The molecule has 0 aliphatic carbocycles. The molecule has 100 valence electrons. The van der Waals surface area contributed by atoms with E-state index >= 15 is 0 Å². The molecular formula is C16H15N3O. The molecule has 4 heteroatoms. The van der Waals surface area contributed by atoms with Gasteiger partial charge in [0, 0.05) is 11.1 Å². The summed E-state index contributed by atoms with van der Waals surface area (Å²) in [6.45, 7) is 2.56. The minimum Gasteiger partial charge on any atom is -0.508 e. The Morgan fingerprint density at radius 2 is 1.80 bits per heavy atom. The van der Waals surface area contributed by atoms with E-state index < -0.39 is 0 Å². The summed E-state index contributed by atoms with van der Waals surface area (Å²) in [6, 6.07) is 15.3. The van der Waals surface area contributed by atoms with Gasteiger partial charge in [-0.3, -0.25) is 0 Å². The van der Waals surface area contributed by atoms with Crippen LogP contribution in [0.4, 0.5) is 0 Å². The molecule has 0 radical (unpaired) electrons. The summed E-state index contributed by atoms with van der Waals surface area (Å²) in [6.07, 6.45) is 1.90. The standard InChI is InChI=1S/C16H15N3O/c1-12-6-2-4-8-14(12)15-11-19(18-17-15)10-13-7-3-5-9-16(13)20/h2-9,11,20H,10H2,1H3. The number of nitrogens with zero attached hydrogens (tertiary/aromatic N) is 3. The Balaban J connectivity index is 1.88. The third-order valence-corrected chi connectivity index (χ3v) is 3.28. The van der Waals surface area contributed by atoms with Gasteiger partial charge in [-0.05, 0) is 18.6 Å². The van der Waals surface area contributed by atoms with Crippen LogP contribution in [-0.4, -0.2) is 20.1 Å². The molecule has 0 saturated heterocycles. The summed E-state index contributed by atoms with van der Waals surface area (Å²) >= 11 is 0. The molecule has 0 fully saturated rings. The number of aromatic hydroxyl groups is 1. The summed E-state index contributed by atoms with van der Waals surface area (Å²) in [5.74, 6) is 0.278. The highest BCUT2D eigenvalue weighted by molar-refractivity contribution is 5.61. The normalized spacial score (nSPS) is 10.7. The van der Waals surface area contributed by atoms with E-state index in [1.54, 1.807) is 16.8 Å². The highest BCUT2D eigenvalue weighted by Gasteiger charge is 2.07. The zero-order chi connectivity index (χ0) is 13.9. The van der Waals surface area contributed by atoms with Crippen molar-refractivity contribution in [2.75, 3.05) is 0 Å². The van der Waals surface area contributed by atoms with Gasteiger partial charge in [0.25, 0.3) is 0 Å². The Morgan fingerprint density at radius 3 is 2.60 bits per heavy atom. The molecule has 1 heterocycles. The molecule has 3 aromatic rings. The molecule has 20 heavy (non-hydrogen) atoms. The van der Waals surface area contributed by atoms with Crippen molar-refractivity contribution >= 4 is 0 Å². The van der Waals surface area contributed by atoms with Crippen molar-refractivity contribution in [3.05, 3.63) is 65.9 Å². The maximum Gasteiger partial charge on any atom is 0.120 e. The monoisotopic (exact) mass is 265 g/mol. The first-order valence-electron chi connectivity index (χ1n) is 6.47. The Kier molecular flexibility index (Phi) is 3.21. The van der Waals surface area contributed by atoms with Crippen LogP contribution in [0, 0.1) is 6.92 Å². The zero-order valence-corrected chi connectivity index (χ0v) is 11.2. The number of benzene rings is 2. The van der Waals surface area contributed by atoms with Gasteiger partial charge >= 0.3 is 0 Å². The molecule has 4 nitrogen and oxygen atoms in total. The number of hydrogen-bond acceptors (Lipinski definition) is 3. The molecule has 0 saturated carbocycles. The predicted octanol–water partition coefficient (Wildman–Crippen LogP) is 3.01. The number of aromatic nitrogens is 3. The van der Waals surface area contributed by atoms with Crippen LogP contribution in [0.2, 0.25) is 0 Å². The molecule has 0 aliphatic rings. The largest absolute Gasteiger partial charge is 0.508 e. The number of hydrogen-bond donors (Lipinski definition) is 1. The van der Waals surface area contributed by atoms with Gasteiger partial charge in [-0.1, -0.05) is 47.7 Å². The van der Waals surface area contributed by atoms with E-state index in [1.165, 1.54) is 5.56 Å². The summed E-state index contributed by atoms with van der Waals surface area (Å²) in [7, 11) is 0. The van der Waals surface area contributed by atoms with Crippen LogP contribution in [0.25, 0.3) is 11.3 Å². The molecule has 2 aromatic carbocycles. The van der Waals surface area contributed by atoms with E-state index in [2.05, 4.69) is 23.3 Å². The lowest BCUT2D eigenvalue weighted by atomic mass is 10.1. The summed E-state index contributed by atoms with van der Waals surface area (Å²) in [4.78, 5) is 0. The van der Waals surface area contributed by atoms with E-state index in [0.717, 1.165) is 16.8 Å². The smallest absolute Gasteiger partial charge is 0.120 e. The maximum absolute atomic E-state index is 9.78. The quantitative estimate of drug-likeness (QED) is 0.792. The molecule has 0 unspecified atom stereocenters. The molecule has 0 atom stereocenters. The molecule has 1 N–H and O–H groups in total. The predicted molar refractivity (Wildman–Crippen MR) is 77.4 cm³/mol. The van der Waals surface area contributed by atoms with Crippen LogP contribution >= 0.6 is 0 Å². The van der Waals surface area contributed by atoms with Crippen molar-refractivity contribution in [2.45, 2.75) is 13.5 Å². The average Bonchev–Trinajstić information content (AvgIpc) is 2.90. The van der Waals surface area contributed by atoms with Crippen LogP contribution in [0.15, 0.2) is 54.7 Å². The van der Waals surface area contributed by atoms with Gasteiger partial charge in [-0.15, -0.1) is 5.10 Å². The second-order valence-electron chi connectivity index (χ2n) is 4.74. The Hall–Kier alpha value is -2.62. The summed E-state index contributed by atoms with van der Waals surface area (Å²) < 4.78 is 1.73. The lowest BCUT2D eigenvalue weighted by molar-refractivity contribution is 0.463. The minimum absolute atomic E-state index is 0.278. The molecule has 0 amide bonds. The van der Waals surface area contributed by atoms with Gasteiger partial charge in [-0.25, -0.2) is 4.68 Å². The number of phenols is 1. The fraction of sp³-hybridized carbons (Fsp3) is 0.125. The van der Waals surface area contributed by atoms with Gasteiger partial charge in [0.2, 0.25) is 0 Å². The first kappa shape index (κ1) is 12.4. The molecular weight excluding hydrogens is 250 g/mol. The summed E-state index contributed by atoms with van der Waals surface area (Å²) in [5, 5.41) is 18.1. The van der Waals surface area contributed by atoms with Crippen molar-refractivity contribution in [3.8, 4) is 17.0 Å². The molecule has 0 spiro atoms. The lowest BCUT2D eigenvalue weighted by Crippen LogP contribution is -2.00. The van der Waals surface area contributed by atoms with Gasteiger partial charge in [0.15, 0.2) is 0 Å². The fourth-order valence-electron chi connectivity index (χ4n) is 2.18. The minimum atomic E-state index is 0.278. The Morgan fingerprint density at radius 1 is 1.05 bits per heavy atom. The number of phenolic OH excluding ortho intramolecular Hbond substituents is 1. The first-order chi connectivity index (χ1) is 9.74. The third-order valence-electron chi connectivity index (χ3n) is 3.28. The number of para-hydroxylation sites is 1. The van der Waals surface area contributed by atoms with Crippen molar-refractivity contribution in [1.29, 1.82) is 0 Å². The van der Waals surface area contributed by atoms with Crippen molar-refractivity contribution in [2.24, 2.45) is 0 Å². The number of aryl methyl sites for hydroxylation is 1. The van der Waals surface area contributed by atoms with E-state index in [1.807, 2.05) is 36.5 Å². The zero-order valence-electron chi connectivity index (χ0n) is 11.2. The Labute approximate surface area is 117 Å². The first-order valence-corrected chi connectivity index (χ1v) is 6.47. The van der Waals surface area contributed by atoms with Gasteiger partial charge < -0.3 is 5.11 Å². The van der Waals surface area contributed by atoms with E-state index in [4.69, 9.17) is 0 Å². The molecule has 0 aliphatic heterocycles. The van der Waals surface area contributed by atoms with Gasteiger partial charge in [0.1, 0.15) is 11.4 Å². The second-order valence-corrected chi connectivity index (χ2v) is 4.74. The third kappa shape index (κ3) is 2.40. The van der Waals surface area contributed by atoms with E-state index in [0.29, 0.717) is 6.54 Å². The van der Waals surface area contributed by atoms with Crippen molar-refractivity contribution in [3.63, 3.8) is 0 Å². The Bertz CT molecular complexity index is 734. The highest BCUT2D eigenvalue weighted by atomic mass is 16.3. The van der Waals surface area contributed by atoms with Crippen molar-refractivity contribution in [1.82, 2.24) is 15.0 Å². The molecule has 1 aromatic heterocycles. The van der Waals surface area contributed by atoms with Gasteiger partial charge in [-0.2, -0.15) is 0 Å². The average molecular weight is 265 g/mol. The van der Waals surface area contributed by atoms with Crippen molar-refractivity contribution < 1.29 is 5.11 Å². The van der Waals surface area contributed by atoms with Crippen LogP contribution in [0.3, 0.4) is 0 Å². The fourth-order valence-corrected chi connectivity index (χ4v) is 2.18. The van der Waals surface area contributed by atoms with E-state index in [9.17, 15) is 5.11 Å². The van der Waals surface area contributed by atoms with Gasteiger partial charge in [0.05, 0.1) is 12.7 Å². The van der Waals surface area contributed by atoms with Crippen LogP contribution in [0.1, 0.15) is 11.1 Å². The lowest BCUT2D eigenvalue weighted by Gasteiger charge is -2.03. The van der Waals surface area contributed by atoms with Crippen LogP contribution in [0.5, 0.6) is 5.75 Å². The maximum atomic E-state index is 9.78. The highest BCUT2D eigenvalue weighted by Crippen LogP contribution is 2.21. The SMILES string of the molecule is Cc1ccccc1-c1cn(Cc2ccccc2O)nn1. The second kappa shape index (κ2) is 5.17.